The van der Waals surface area contributed by atoms with Crippen molar-refractivity contribution in [3.8, 4) is 5.75 Å². The molecule has 128 valence electrons. The lowest BCUT2D eigenvalue weighted by Gasteiger charge is -2.14. The molecule has 0 saturated carbocycles. The van der Waals surface area contributed by atoms with E-state index in [1.165, 1.54) is 0 Å². The van der Waals surface area contributed by atoms with Crippen LogP contribution in [0.3, 0.4) is 0 Å². The molecule has 2 rings (SSSR count). The third-order valence-electron chi connectivity index (χ3n) is 3.51. The van der Waals surface area contributed by atoms with Gasteiger partial charge in [0.05, 0.1) is 18.9 Å². The van der Waals surface area contributed by atoms with Gasteiger partial charge in [-0.05, 0) is 31.2 Å². The van der Waals surface area contributed by atoms with E-state index in [1.807, 2.05) is 12.1 Å². The van der Waals surface area contributed by atoms with Crippen LogP contribution < -0.4 is 15.4 Å². The number of carbonyl (C=O) groups is 1. The van der Waals surface area contributed by atoms with Crippen LogP contribution in [0.4, 0.5) is 11.4 Å². The third kappa shape index (κ3) is 4.88. The first-order chi connectivity index (χ1) is 11.5. The van der Waals surface area contributed by atoms with Gasteiger partial charge in [-0.1, -0.05) is 29.8 Å². The lowest BCUT2D eigenvalue weighted by atomic mass is 10.1. The first-order valence-electron chi connectivity index (χ1n) is 7.65. The summed E-state index contributed by atoms with van der Waals surface area (Å²) in [5, 5.41) is 16.3. The molecule has 0 heterocycles. The van der Waals surface area contributed by atoms with Gasteiger partial charge in [0.15, 0.2) is 0 Å². The van der Waals surface area contributed by atoms with Gasteiger partial charge in [-0.25, -0.2) is 0 Å². The number of carbonyl (C=O) groups excluding carboxylic acids is 1. The Labute approximate surface area is 146 Å². The quantitative estimate of drug-likeness (QED) is 0.711. The maximum Gasteiger partial charge on any atom is 0.226 e. The number of hydrogen-bond donors (Lipinski definition) is 3. The van der Waals surface area contributed by atoms with Crippen molar-refractivity contribution in [1.82, 2.24) is 0 Å². The van der Waals surface area contributed by atoms with Crippen LogP contribution in [-0.4, -0.2) is 24.7 Å². The number of ether oxygens (including phenoxy) is 1. The molecule has 0 aliphatic rings. The van der Waals surface area contributed by atoms with E-state index in [0.29, 0.717) is 28.6 Å². The van der Waals surface area contributed by atoms with Crippen molar-refractivity contribution in [3.05, 3.63) is 53.1 Å². The molecule has 3 N–H and O–H groups in total. The fraction of sp³-hybridized carbons (Fsp3) is 0.278. The van der Waals surface area contributed by atoms with E-state index in [9.17, 15) is 9.90 Å². The number of para-hydroxylation sites is 1. The van der Waals surface area contributed by atoms with Crippen molar-refractivity contribution >= 4 is 28.9 Å². The normalized spacial score (nSPS) is 11.7. The first-order valence-corrected chi connectivity index (χ1v) is 8.03. The van der Waals surface area contributed by atoms with Crippen LogP contribution in [0.2, 0.25) is 5.02 Å². The highest BCUT2D eigenvalue weighted by molar-refractivity contribution is 6.30. The van der Waals surface area contributed by atoms with Gasteiger partial charge in [-0.2, -0.15) is 0 Å². The molecule has 0 saturated heterocycles. The molecule has 0 fully saturated rings. The fourth-order valence-electron chi connectivity index (χ4n) is 2.32. The number of aliphatic hydroxyl groups is 1. The molecule has 0 radical (unpaired) electrons. The van der Waals surface area contributed by atoms with Gasteiger partial charge in [0, 0.05) is 29.2 Å². The number of nitrogens with one attached hydrogen (secondary N) is 2. The summed E-state index contributed by atoms with van der Waals surface area (Å²) in [6.07, 6.45) is -0.376. The molecule has 24 heavy (non-hydrogen) atoms. The maximum atomic E-state index is 12.1. The molecular formula is C18H21ClN2O3. The smallest absolute Gasteiger partial charge is 0.226 e. The van der Waals surface area contributed by atoms with Crippen LogP contribution >= 0.6 is 11.6 Å². The van der Waals surface area contributed by atoms with Crippen LogP contribution in [0.15, 0.2) is 42.5 Å². The number of benzene rings is 2. The minimum Gasteiger partial charge on any atom is -0.495 e. The maximum absolute atomic E-state index is 12.1. The molecule has 0 spiro atoms. The summed E-state index contributed by atoms with van der Waals surface area (Å²) in [4.78, 5) is 12.1. The molecule has 2 aromatic rings. The number of anilines is 2. The van der Waals surface area contributed by atoms with Crippen molar-refractivity contribution in [2.45, 2.75) is 19.4 Å². The lowest BCUT2D eigenvalue weighted by molar-refractivity contribution is -0.115. The molecular weight excluding hydrogens is 328 g/mol. The van der Waals surface area contributed by atoms with E-state index in [2.05, 4.69) is 10.6 Å². The highest BCUT2D eigenvalue weighted by atomic mass is 35.5. The van der Waals surface area contributed by atoms with Gasteiger partial charge in [0.1, 0.15) is 5.75 Å². The van der Waals surface area contributed by atoms with Crippen molar-refractivity contribution < 1.29 is 14.6 Å². The van der Waals surface area contributed by atoms with Gasteiger partial charge < -0.3 is 20.5 Å². The predicted octanol–water partition coefficient (Wildman–Crippen LogP) is 3.84. The molecule has 0 bridgehead atoms. The SMILES string of the molecule is COc1ccc(Cl)cc1NCCC(=O)Nc1ccccc1C(C)O. The molecule has 1 atom stereocenters. The number of amides is 1. The van der Waals surface area contributed by atoms with Crippen molar-refractivity contribution in [2.24, 2.45) is 0 Å². The average molecular weight is 349 g/mol. The largest absolute Gasteiger partial charge is 0.495 e. The van der Waals surface area contributed by atoms with Gasteiger partial charge in [0.25, 0.3) is 0 Å². The van der Waals surface area contributed by atoms with E-state index in [0.717, 1.165) is 5.69 Å². The summed E-state index contributed by atoms with van der Waals surface area (Å²) in [7, 11) is 1.58. The fourth-order valence-corrected chi connectivity index (χ4v) is 2.49. The Morgan fingerprint density at radius 2 is 2.00 bits per heavy atom. The number of aliphatic hydroxyl groups excluding tert-OH is 1. The monoisotopic (exact) mass is 348 g/mol. The summed E-state index contributed by atoms with van der Waals surface area (Å²) in [5.41, 5.74) is 2.05. The van der Waals surface area contributed by atoms with E-state index in [1.54, 1.807) is 44.4 Å². The zero-order chi connectivity index (χ0) is 17.5. The molecule has 1 amide bonds. The molecule has 1 unspecified atom stereocenters. The van der Waals surface area contributed by atoms with E-state index < -0.39 is 6.10 Å². The second kappa shape index (κ2) is 8.57. The summed E-state index contributed by atoms with van der Waals surface area (Å²) in [6, 6.07) is 12.5. The van der Waals surface area contributed by atoms with Gasteiger partial charge in [-0.3, -0.25) is 4.79 Å². The lowest BCUT2D eigenvalue weighted by Crippen LogP contribution is -2.17. The molecule has 0 aromatic heterocycles. The van der Waals surface area contributed by atoms with E-state index in [-0.39, 0.29) is 12.3 Å². The Morgan fingerprint density at radius 1 is 1.25 bits per heavy atom. The summed E-state index contributed by atoms with van der Waals surface area (Å²) < 4.78 is 5.25. The number of halogens is 1. The van der Waals surface area contributed by atoms with Crippen molar-refractivity contribution in [1.29, 1.82) is 0 Å². The van der Waals surface area contributed by atoms with Gasteiger partial charge in [-0.15, -0.1) is 0 Å². The molecule has 0 aliphatic heterocycles. The molecule has 5 nitrogen and oxygen atoms in total. The molecule has 6 heteroatoms. The second-order valence-electron chi connectivity index (χ2n) is 5.33. The number of hydrogen-bond acceptors (Lipinski definition) is 4. The topological polar surface area (TPSA) is 70.6 Å². The van der Waals surface area contributed by atoms with Gasteiger partial charge >= 0.3 is 0 Å². The molecule has 0 aliphatic carbocycles. The van der Waals surface area contributed by atoms with Crippen molar-refractivity contribution in [3.63, 3.8) is 0 Å². The summed E-state index contributed by atoms with van der Waals surface area (Å²) in [6.45, 7) is 2.09. The molecule has 2 aromatic carbocycles. The average Bonchev–Trinajstić information content (AvgIpc) is 2.55. The standard InChI is InChI=1S/C18H21ClN2O3/c1-12(22)14-5-3-4-6-15(14)21-18(23)9-10-20-16-11-13(19)7-8-17(16)24-2/h3-8,11-12,20,22H,9-10H2,1-2H3,(H,21,23). The predicted molar refractivity (Wildman–Crippen MR) is 96.8 cm³/mol. The van der Waals surface area contributed by atoms with E-state index >= 15 is 0 Å². The van der Waals surface area contributed by atoms with Crippen LogP contribution in [0.5, 0.6) is 5.75 Å². The Morgan fingerprint density at radius 3 is 2.71 bits per heavy atom. The Hall–Kier alpha value is -2.24. The number of rotatable bonds is 7. The Balaban J connectivity index is 1.92. The van der Waals surface area contributed by atoms with Crippen LogP contribution in [0, 0.1) is 0 Å². The minimum atomic E-state index is -0.643. The van der Waals surface area contributed by atoms with Crippen LogP contribution in [0.25, 0.3) is 0 Å². The van der Waals surface area contributed by atoms with E-state index in [4.69, 9.17) is 16.3 Å². The minimum absolute atomic E-state index is 0.142. The third-order valence-corrected chi connectivity index (χ3v) is 3.75. The van der Waals surface area contributed by atoms with Gasteiger partial charge in [0.2, 0.25) is 5.91 Å². The highest BCUT2D eigenvalue weighted by Gasteiger charge is 2.10. The van der Waals surface area contributed by atoms with Crippen LogP contribution in [0.1, 0.15) is 25.0 Å². The first kappa shape index (κ1) is 18.1. The second-order valence-corrected chi connectivity index (χ2v) is 5.77. The summed E-state index contributed by atoms with van der Waals surface area (Å²) >= 11 is 5.97. The highest BCUT2D eigenvalue weighted by Crippen LogP contribution is 2.27. The number of methoxy groups -OCH3 is 1. The Bertz CT molecular complexity index is 704. The zero-order valence-electron chi connectivity index (χ0n) is 13.7. The Kier molecular flexibility index (Phi) is 6.46. The van der Waals surface area contributed by atoms with Crippen molar-refractivity contribution in [2.75, 3.05) is 24.3 Å². The summed E-state index contributed by atoms with van der Waals surface area (Å²) in [5.74, 6) is 0.524. The van der Waals surface area contributed by atoms with Crippen LogP contribution in [-0.2, 0) is 4.79 Å². The zero-order valence-corrected chi connectivity index (χ0v) is 14.4.